The Morgan fingerprint density at radius 3 is 2.68 bits per heavy atom. The van der Waals surface area contributed by atoms with Crippen LogP contribution in [-0.2, 0) is 6.54 Å². The summed E-state index contributed by atoms with van der Waals surface area (Å²) in [7, 11) is 0. The summed E-state index contributed by atoms with van der Waals surface area (Å²) < 4.78 is 2.78. The molecular weight excluding hydrogens is 286 g/mol. The number of aromatic nitrogens is 4. The van der Waals surface area contributed by atoms with Crippen LogP contribution in [0.2, 0.25) is 0 Å². The van der Waals surface area contributed by atoms with Gasteiger partial charge in [0.1, 0.15) is 0 Å². The van der Waals surface area contributed by atoms with Crippen molar-refractivity contribution in [2.75, 3.05) is 18.5 Å². The third kappa shape index (κ3) is 2.78. The molecule has 0 aliphatic carbocycles. The smallest absolute Gasteiger partial charge is 0.332 e. The second-order valence-corrected chi connectivity index (χ2v) is 5.25. The number of fused-ring (bicyclic) bond motifs is 1. The number of nitrogens with one attached hydrogen (secondary N) is 2. The molecule has 0 radical (unpaired) electrons. The van der Waals surface area contributed by atoms with Crippen molar-refractivity contribution in [2.45, 2.75) is 46.2 Å². The highest BCUT2D eigenvalue weighted by atomic mass is 16.3. The van der Waals surface area contributed by atoms with Gasteiger partial charge in [-0.25, -0.2) is 4.79 Å². The highest BCUT2D eigenvalue weighted by molar-refractivity contribution is 5.72. The maximum Gasteiger partial charge on any atom is 0.332 e. The van der Waals surface area contributed by atoms with Crippen LogP contribution in [0.4, 0.5) is 5.95 Å². The van der Waals surface area contributed by atoms with E-state index in [0.717, 1.165) is 6.42 Å². The Kier molecular flexibility index (Phi) is 5.02. The molecule has 0 fully saturated rings. The van der Waals surface area contributed by atoms with Gasteiger partial charge in [0.2, 0.25) is 5.95 Å². The number of imidazole rings is 1. The highest BCUT2D eigenvalue weighted by Gasteiger charge is 2.19. The van der Waals surface area contributed by atoms with E-state index in [-0.39, 0.29) is 23.9 Å². The summed E-state index contributed by atoms with van der Waals surface area (Å²) in [4.78, 5) is 32.2. The van der Waals surface area contributed by atoms with Crippen LogP contribution in [0.25, 0.3) is 11.2 Å². The van der Waals surface area contributed by atoms with E-state index in [1.807, 2.05) is 13.8 Å². The molecule has 2 aromatic rings. The lowest BCUT2D eigenvalue weighted by Gasteiger charge is -2.15. The average Bonchev–Trinajstić information content (AvgIpc) is 2.92. The minimum Gasteiger partial charge on any atom is -0.396 e. The monoisotopic (exact) mass is 309 g/mol. The van der Waals surface area contributed by atoms with Crippen LogP contribution in [0.5, 0.6) is 0 Å². The van der Waals surface area contributed by atoms with E-state index in [2.05, 4.69) is 15.3 Å². The fourth-order valence-corrected chi connectivity index (χ4v) is 2.36. The first-order valence-electron chi connectivity index (χ1n) is 7.64. The zero-order valence-corrected chi connectivity index (χ0v) is 13.2. The molecule has 0 spiro atoms. The fraction of sp³-hybridized carbons (Fsp3) is 0.643. The second-order valence-electron chi connectivity index (χ2n) is 5.25. The number of aromatic amines is 1. The normalized spacial score (nSPS) is 12.7. The fourth-order valence-electron chi connectivity index (χ4n) is 2.36. The van der Waals surface area contributed by atoms with Crippen molar-refractivity contribution in [3.05, 3.63) is 20.8 Å². The van der Waals surface area contributed by atoms with Crippen molar-refractivity contribution < 1.29 is 5.11 Å². The molecule has 1 atom stereocenters. The molecule has 2 heterocycles. The van der Waals surface area contributed by atoms with Crippen LogP contribution in [0, 0.1) is 0 Å². The molecule has 8 heteroatoms. The van der Waals surface area contributed by atoms with Crippen molar-refractivity contribution >= 4 is 17.1 Å². The van der Waals surface area contributed by atoms with Crippen LogP contribution >= 0.6 is 0 Å². The summed E-state index contributed by atoms with van der Waals surface area (Å²) in [6, 6.07) is -0.0537. The van der Waals surface area contributed by atoms with E-state index in [1.165, 1.54) is 4.57 Å². The van der Waals surface area contributed by atoms with Gasteiger partial charge in [-0.15, -0.1) is 0 Å². The van der Waals surface area contributed by atoms with Gasteiger partial charge in [-0.2, -0.15) is 4.98 Å². The first-order chi connectivity index (χ1) is 10.5. The van der Waals surface area contributed by atoms with Gasteiger partial charge in [0.25, 0.3) is 5.56 Å². The summed E-state index contributed by atoms with van der Waals surface area (Å²) in [5, 5.41) is 11.8. The van der Waals surface area contributed by atoms with Crippen molar-refractivity contribution in [2.24, 2.45) is 0 Å². The summed E-state index contributed by atoms with van der Waals surface area (Å²) >= 11 is 0. The molecule has 3 N–H and O–H groups in total. The van der Waals surface area contributed by atoms with E-state index in [1.54, 1.807) is 11.5 Å². The van der Waals surface area contributed by atoms with Crippen molar-refractivity contribution in [1.29, 1.82) is 0 Å². The number of aliphatic hydroxyl groups excluding tert-OH is 1. The minimum absolute atomic E-state index is 0.0537. The molecule has 122 valence electrons. The molecular formula is C14H23N5O3. The van der Waals surface area contributed by atoms with Crippen LogP contribution in [0.3, 0.4) is 0 Å². The van der Waals surface area contributed by atoms with Crippen LogP contribution in [-0.4, -0.2) is 37.4 Å². The topological polar surface area (TPSA) is 105 Å². The molecule has 0 aliphatic rings. The average molecular weight is 309 g/mol. The number of aliphatic hydroxyl groups is 1. The standard InChI is InChI=1S/C14H23N5O3/c1-4-9(3)19-11-10(12(21)18(5-2)14(19)22)16-13(17-11)15-7-6-8-20/h9,20H,4-8H2,1-3H3,(H2,15,16,17). The Hall–Kier alpha value is -2.09. The number of rotatable bonds is 7. The van der Waals surface area contributed by atoms with E-state index < -0.39 is 0 Å². The maximum atomic E-state index is 12.5. The lowest BCUT2D eigenvalue weighted by molar-refractivity contribution is 0.292. The molecule has 0 aromatic carbocycles. The maximum absolute atomic E-state index is 12.5. The predicted octanol–water partition coefficient (Wildman–Crippen LogP) is 0.672. The highest BCUT2D eigenvalue weighted by Crippen LogP contribution is 2.15. The summed E-state index contributed by atoms with van der Waals surface area (Å²) in [5.74, 6) is 0.436. The van der Waals surface area contributed by atoms with Gasteiger partial charge < -0.3 is 15.4 Å². The summed E-state index contributed by atoms with van der Waals surface area (Å²) in [6.07, 6.45) is 1.34. The number of nitrogens with zero attached hydrogens (tertiary/aromatic N) is 3. The zero-order chi connectivity index (χ0) is 16.3. The number of hydrogen-bond donors (Lipinski definition) is 3. The van der Waals surface area contributed by atoms with Crippen LogP contribution in [0.15, 0.2) is 9.59 Å². The van der Waals surface area contributed by atoms with Crippen molar-refractivity contribution in [3.63, 3.8) is 0 Å². The third-order valence-corrected chi connectivity index (χ3v) is 3.78. The van der Waals surface area contributed by atoms with Gasteiger partial charge in [0, 0.05) is 25.7 Å². The predicted molar refractivity (Wildman–Crippen MR) is 85.5 cm³/mol. The van der Waals surface area contributed by atoms with Gasteiger partial charge in [0.15, 0.2) is 11.2 Å². The molecule has 0 saturated carbocycles. The van der Waals surface area contributed by atoms with Gasteiger partial charge >= 0.3 is 5.69 Å². The van der Waals surface area contributed by atoms with E-state index in [9.17, 15) is 9.59 Å². The van der Waals surface area contributed by atoms with Crippen molar-refractivity contribution in [1.82, 2.24) is 19.1 Å². The SMILES string of the molecule is CCC(C)n1c(=O)n(CC)c(=O)c2[nH]c(NCCCO)nc21. The molecule has 2 rings (SSSR count). The zero-order valence-electron chi connectivity index (χ0n) is 13.2. The molecule has 1 unspecified atom stereocenters. The Balaban J connectivity index is 2.64. The van der Waals surface area contributed by atoms with Gasteiger partial charge in [-0.3, -0.25) is 13.9 Å². The minimum atomic E-state index is -0.357. The molecule has 0 bridgehead atoms. The quantitative estimate of drug-likeness (QED) is 0.652. The van der Waals surface area contributed by atoms with Gasteiger partial charge in [0.05, 0.1) is 0 Å². The Labute approximate surface area is 127 Å². The molecule has 0 aliphatic heterocycles. The number of H-pyrrole nitrogens is 1. The third-order valence-electron chi connectivity index (χ3n) is 3.78. The van der Waals surface area contributed by atoms with E-state index in [0.29, 0.717) is 36.6 Å². The van der Waals surface area contributed by atoms with E-state index in [4.69, 9.17) is 5.11 Å². The molecule has 8 nitrogen and oxygen atoms in total. The second kappa shape index (κ2) is 6.78. The van der Waals surface area contributed by atoms with Crippen molar-refractivity contribution in [3.8, 4) is 0 Å². The molecule has 0 saturated heterocycles. The summed E-state index contributed by atoms with van der Waals surface area (Å²) in [6.45, 7) is 6.61. The first kappa shape index (κ1) is 16.3. The molecule has 0 amide bonds. The Bertz CT molecular complexity index is 758. The largest absolute Gasteiger partial charge is 0.396 e. The van der Waals surface area contributed by atoms with Crippen LogP contribution < -0.4 is 16.6 Å². The number of anilines is 1. The number of hydrogen-bond acceptors (Lipinski definition) is 5. The summed E-state index contributed by atoms with van der Waals surface area (Å²) in [5.41, 5.74) is 0.0151. The van der Waals surface area contributed by atoms with Crippen LogP contribution in [0.1, 0.15) is 39.7 Å². The molecule has 2 aromatic heterocycles. The lowest BCUT2D eigenvalue weighted by Crippen LogP contribution is -2.40. The lowest BCUT2D eigenvalue weighted by atomic mass is 10.2. The Morgan fingerprint density at radius 2 is 2.09 bits per heavy atom. The van der Waals surface area contributed by atoms with Gasteiger partial charge in [-0.05, 0) is 26.7 Å². The first-order valence-corrected chi connectivity index (χ1v) is 7.64. The van der Waals surface area contributed by atoms with E-state index >= 15 is 0 Å². The van der Waals surface area contributed by atoms with Gasteiger partial charge in [-0.1, -0.05) is 6.92 Å². The Morgan fingerprint density at radius 1 is 1.36 bits per heavy atom. The molecule has 22 heavy (non-hydrogen) atoms.